The van der Waals surface area contributed by atoms with Crippen molar-refractivity contribution in [2.75, 3.05) is 18.6 Å². The van der Waals surface area contributed by atoms with Crippen LogP contribution >= 0.6 is 0 Å². The molecule has 1 aliphatic heterocycles. The molecule has 1 heterocycles. The van der Waals surface area contributed by atoms with E-state index in [2.05, 4.69) is 5.32 Å². The molecular weight excluding hydrogens is 386 g/mol. The minimum atomic E-state index is -0.802. The lowest BCUT2D eigenvalue weighted by molar-refractivity contribution is -0.122. The highest BCUT2D eigenvalue weighted by molar-refractivity contribution is 6.39. The standard InChI is InChI=1S/C22H19N3O5/c1-3-14-4-7-16(8-5-14)25-21(27)17(20(26)24-22(25)28)12-15-6-9-18(30-11-10-23)19(13-15)29-2/h4-9,12-13H,3,11H2,1-2H3,(H,24,26,28)/b17-12-. The molecule has 1 saturated heterocycles. The number of hydrogen-bond acceptors (Lipinski definition) is 6. The van der Waals surface area contributed by atoms with Crippen LogP contribution in [-0.2, 0) is 16.0 Å². The van der Waals surface area contributed by atoms with Crippen molar-refractivity contribution in [2.45, 2.75) is 13.3 Å². The maximum absolute atomic E-state index is 13.0. The number of carbonyl (C=O) groups excluding carboxylic acids is 3. The number of methoxy groups -OCH3 is 1. The molecule has 0 radical (unpaired) electrons. The number of nitriles is 1. The Labute approximate surface area is 173 Å². The van der Waals surface area contributed by atoms with E-state index in [0.717, 1.165) is 16.9 Å². The van der Waals surface area contributed by atoms with Crippen LogP contribution < -0.4 is 19.7 Å². The summed E-state index contributed by atoms with van der Waals surface area (Å²) in [4.78, 5) is 38.5. The maximum atomic E-state index is 13.0. The SMILES string of the molecule is CCc1ccc(N2C(=O)NC(=O)/C(=C/c3ccc(OCC#N)c(OC)c3)C2=O)cc1. The predicted octanol–water partition coefficient (Wildman–Crippen LogP) is 2.83. The summed E-state index contributed by atoms with van der Waals surface area (Å²) >= 11 is 0. The summed E-state index contributed by atoms with van der Waals surface area (Å²) in [5, 5.41) is 10.8. The quantitative estimate of drug-likeness (QED) is 0.585. The molecule has 3 rings (SSSR count). The van der Waals surface area contributed by atoms with Crippen molar-refractivity contribution >= 4 is 29.6 Å². The minimum Gasteiger partial charge on any atom is -0.493 e. The summed E-state index contributed by atoms with van der Waals surface area (Å²) in [5.74, 6) is -0.813. The Morgan fingerprint density at radius 3 is 2.47 bits per heavy atom. The first-order valence-electron chi connectivity index (χ1n) is 9.16. The van der Waals surface area contributed by atoms with Crippen LogP contribution in [0, 0.1) is 11.3 Å². The molecular formula is C22H19N3O5. The van der Waals surface area contributed by atoms with Crippen LogP contribution in [-0.4, -0.2) is 31.6 Å². The molecule has 0 spiro atoms. The lowest BCUT2D eigenvalue weighted by Crippen LogP contribution is -2.54. The number of nitrogens with one attached hydrogen (secondary N) is 1. The summed E-state index contributed by atoms with van der Waals surface area (Å²) in [5.41, 5.74) is 1.72. The van der Waals surface area contributed by atoms with Gasteiger partial charge in [-0.25, -0.2) is 9.69 Å². The van der Waals surface area contributed by atoms with Gasteiger partial charge in [-0.05, 0) is 47.9 Å². The Hall–Kier alpha value is -4.12. The van der Waals surface area contributed by atoms with Crippen LogP contribution in [0.4, 0.5) is 10.5 Å². The van der Waals surface area contributed by atoms with Gasteiger partial charge in [0, 0.05) is 0 Å². The molecule has 152 valence electrons. The number of anilines is 1. The van der Waals surface area contributed by atoms with Crippen molar-refractivity contribution in [3.8, 4) is 17.6 Å². The number of carbonyl (C=O) groups is 3. The fraction of sp³-hybridized carbons (Fsp3) is 0.182. The zero-order valence-electron chi connectivity index (χ0n) is 16.5. The smallest absolute Gasteiger partial charge is 0.335 e. The van der Waals surface area contributed by atoms with Gasteiger partial charge >= 0.3 is 6.03 Å². The number of amides is 4. The van der Waals surface area contributed by atoms with Gasteiger partial charge in [0.1, 0.15) is 11.6 Å². The third kappa shape index (κ3) is 4.15. The van der Waals surface area contributed by atoms with Crippen LogP contribution in [0.2, 0.25) is 0 Å². The molecule has 0 unspecified atom stereocenters. The highest BCUT2D eigenvalue weighted by Gasteiger charge is 2.36. The third-order valence-corrected chi connectivity index (χ3v) is 4.50. The van der Waals surface area contributed by atoms with Gasteiger partial charge in [-0.1, -0.05) is 25.1 Å². The summed E-state index contributed by atoms with van der Waals surface area (Å²) in [6, 6.07) is 12.8. The molecule has 0 aromatic heterocycles. The van der Waals surface area contributed by atoms with Crippen molar-refractivity contribution in [1.82, 2.24) is 5.32 Å². The average Bonchev–Trinajstić information content (AvgIpc) is 2.75. The number of ether oxygens (including phenoxy) is 2. The lowest BCUT2D eigenvalue weighted by atomic mass is 10.1. The Morgan fingerprint density at radius 1 is 1.10 bits per heavy atom. The van der Waals surface area contributed by atoms with Crippen molar-refractivity contribution in [3.63, 3.8) is 0 Å². The first-order valence-corrected chi connectivity index (χ1v) is 9.16. The van der Waals surface area contributed by atoms with Crippen LogP contribution in [0.15, 0.2) is 48.0 Å². The van der Waals surface area contributed by atoms with E-state index in [1.807, 2.05) is 25.1 Å². The number of barbiturate groups is 1. The molecule has 30 heavy (non-hydrogen) atoms. The fourth-order valence-corrected chi connectivity index (χ4v) is 2.94. The number of nitrogens with zero attached hydrogens (tertiary/aromatic N) is 2. The molecule has 0 bridgehead atoms. The minimum absolute atomic E-state index is 0.147. The molecule has 2 aromatic rings. The summed E-state index contributed by atoms with van der Waals surface area (Å²) in [7, 11) is 1.43. The second-order valence-electron chi connectivity index (χ2n) is 6.33. The van der Waals surface area contributed by atoms with Crippen LogP contribution in [0.1, 0.15) is 18.1 Å². The fourth-order valence-electron chi connectivity index (χ4n) is 2.94. The number of hydrogen-bond donors (Lipinski definition) is 1. The number of urea groups is 1. The molecule has 1 aliphatic rings. The Bertz CT molecular complexity index is 1070. The topological polar surface area (TPSA) is 109 Å². The van der Waals surface area contributed by atoms with E-state index >= 15 is 0 Å². The molecule has 1 fully saturated rings. The molecule has 8 nitrogen and oxygen atoms in total. The Kier molecular flexibility index (Phi) is 6.13. The average molecular weight is 405 g/mol. The van der Waals surface area contributed by atoms with Crippen LogP contribution in [0.5, 0.6) is 11.5 Å². The largest absolute Gasteiger partial charge is 0.493 e. The van der Waals surface area contributed by atoms with Crippen LogP contribution in [0.3, 0.4) is 0 Å². The second-order valence-corrected chi connectivity index (χ2v) is 6.33. The zero-order valence-corrected chi connectivity index (χ0v) is 16.5. The van der Waals surface area contributed by atoms with Crippen molar-refractivity contribution in [2.24, 2.45) is 0 Å². The van der Waals surface area contributed by atoms with E-state index in [9.17, 15) is 14.4 Å². The molecule has 0 aliphatic carbocycles. The molecule has 1 N–H and O–H groups in total. The van der Waals surface area contributed by atoms with Gasteiger partial charge in [0.25, 0.3) is 11.8 Å². The highest BCUT2D eigenvalue weighted by Crippen LogP contribution is 2.30. The number of rotatable bonds is 6. The van der Waals surface area contributed by atoms with Gasteiger partial charge in [-0.2, -0.15) is 5.26 Å². The highest BCUT2D eigenvalue weighted by atomic mass is 16.5. The van der Waals surface area contributed by atoms with Gasteiger partial charge in [0.05, 0.1) is 12.8 Å². The first-order chi connectivity index (χ1) is 14.5. The molecule has 4 amide bonds. The zero-order chi connectivity index (χ0) is 21.7. The number of aryl methyl sites for hydroxylation is 1. The Balaban J connectivity index is 1.95. The van der Waals surface area contributed by atoms with Gasteiger partial charge in [-0.15, -0.1) is 0 Å². The van der Waals surface area contributed by atoms with E-state index in [1.54, 1.807) is 30.3 Å². The molecule has 8 heteroatoms. The summed E-state index contributed by atoms with van der Waals surface area (Å²) in [6.07, 6.45) is 2.19. The summed E-state index contributed by atoms with van der Waals surface area (Å²) in [6.45, 7) is 1.85. The number of benzene rings is 2. The van der Waals surface area contributed by atoms with Crippen molar-refractivity contribution in [1.29, 1.82) is 5.26 Å². The maximum Gasteiger partial charge on any atom is 0.335 e. The van der Waals surface area contributed by atoms with Crippen LogP contribution in [0.25, 0.3) is 6.08 Å². The van der Waals surface area contributed by atoms with Gasteiger partial charge in [0.15, 0.2) is 18.1 Å². The van der Waals surface area contributed by atoms with Gasteiger partial charge < -0.3 is 9.47 Å². The number of imide groups is 2. The van der Waals surface area contributed by atoms with Crippen molar-refractivity contribution in [3.05, 3.63) is 59.2 Å². The molecule has 2 aromatic carbocycles. The van der Waals surface area contributed by atoms with E-state index in [1.165, 1.54) is 13.2 Å². The Morgan fingerprint density at radius 2 is 1.83 bits per heavy atom. The van der Waals surface area contributed by atoms with E-state index in [4.69, 9.17) is 14.7 Å². The van der Waals surface area contributed by atoms with Gasteiger partial charge in [-0.3, -0.25) is 14.9 Å². The second kappa shape index (κ2) is 8.92. The lowest BCUT2D eigenvalue weighted by Gasteiger charge is -2.26. The summed E-state index contributed by atoms with van der Waals surface area (Å²) < 4.78 is 10.5. The third-order valence-electron chi connectivity index (χ3n) is 4.50. The predicted molar refractivity (Wildman–Crippen MR) is 109 cm³/mol. The van der Waals surface area contributed by atoms with E-state index in [0.29, 0.717) is 22.7 Å². The normalized spacial score (nSPS) is 15.0. The first kappa shape index (κ1) is 20.6. The van der Waals surface area contributed by atoms with Gasteiger partial charge in [0.2, 0.25) is 0 Å². The molecule has 0 saturated carbocycles. The monoisotopic (exact) mass is 405 g/mol. The van der Waals surface area contributed by atoms with E-state index < -0.39 is 17.8 Å². The van der Waals surface area contributed by atoms with E-state index in [-0.39, 0.29) is 12.2 Å². The molecule has 0 atom stereocenters. The van der Waals surface area contributed by atoms with Crippen molar-refractivity contribution < 1.29 is 23.9 Å².